The standard InChI is InChI=1S/C23H28N4O2S2/c1-16(27-21(24-25-23(27)30)20-4-3-15-31-20)22(28)26-13-11-18(12-14-26)6-5-17-7-9-19(29-2)10-8-17/h3-4,7-10,15-16,18H,5-6,11-14H2,1-2H3,(H,25,30). The lowest BCUT2D eigenvalue weighted by Gasteiger charge is -2.34. The van der Waals surface area contributed by atoms with E-state index in [1.165, 1.54) is 5.56 Å². The summed E-state index contributed by atoms with van der Waals surface area (Å²) in [5.74, 6) is 2.39. The molecule has 8 heteroatoms. The van der Waals surface area contributed by atoms with Gasteiger partial charge < -0.3 is 9.64 Å². The van der Waals surface area contributed by atoms with Crippen molar-refractivity contribution in [1.29, 1.82) is 0 Å². The third-order valence-corrected chi connectivity index (χ3v) is 7.27. The van der Waals surface area contributed by atoms with Gasteiger partial charge in [-0.05, 0) is 79.9 Å². The molecule has 1 fully saturated rings. The van der Waals surface area contributed by atoms with Crippen LogP contribution in [0.4, 0.5) is 0 Å². The zero-order valence-electron chi connectivity index (χ0n) is 17.9. The van der Waals surface area contributed by atoms with Crippen LogP contribution in [-0.2, 0) is 11.2 Å². The lowest BCUT2D eigenvalue weighted by molar-refractivity contribution is -0.135. The number of aryl methyl sites for hydroxylation is 1. The fourth-order valence-corrected chi connectivity index (χ4v) is 5.22. The highest BCUT2D eigenvalue weighted by Crippen LogP contribution is 2.28. The van der Waals surface area contributed by atoms with Gasteiger partial charge in [-0.15, -0.1) is 11.3 Å². The number of amides is 1. The summed E-state index contributed by atoms with van der Waals surface area (Å²) >= 11 is 7.02. The number of piperidine rings is 1. The summed E-state index contributed by atoms with van der Waals surface area (Å²) in [6.07, 6.45) is 4.30. The molecule has 0 spiro atoms. The molecule has 3 aromatic rings. The van der Waals surface area contributed by atoms with E-state index < -0.39 is 0 Å². The van der Waals surface area contributed by atoms with E-state index in [1.54, 1.807) is 18.4 Å². The van der Waals surface area contributed by atoms with Crippen molar-refractivity contribution in [1.82, 2.24) is 19.7 Å². The smallest absolute Gasteiger partial charge is 0.245 e. The highest BCUT2D eigenvalue weighted by atomic mass is 32.1. The van der Waals surface area contributed by atoms with E-state index in [0.717, 1.165) is 55.2 Å². The number of hydrogen-bond acceptors (Lipinski definition) is 5. The monoisotopic (exact) mass is 456 g/mol. The highest BCUT2D eigenvalue weighted by Gasteiger charge is 2.29. The van der Waals surface area contributed by atoms with Crippen molar-refractivity contribution < 1.29 is 9.53 Å². The number of ether oxygens (including phenoxy) is 1. The Bertz CT molecular complexity index is 1050. The van der Waals surface area contributed by atoms with Crippen molar-refractivity contribution in [3.05, 3.63) is 52.1 Å². The Morgan fingerprint density at radius 3 is 2.68 bits per heavy atom. The molecule has 0 saturated carbocycles. The van der Waals surface area contributed by atoms with E-state index in [1.807, 2.05) is 46.0 Å². The lowest BCUT2D eigenvalue weighted by Crippen LogP contribution is -2.42. The van der Waals surface area contributed by atoms with Gasteiger partial charge in [-0.1, -0.05) is 18.2 Å². The van der Waals surface area contributed by atoms with Crippen LogP contribution in [0.2, 0.25) is 0 Å². The maximum Gasteiger partial charge on any atom is 0.245 e. The van der Waals surface area contributed by atoms with Gasteiger partial charge in [-0.25, -0.2) is 0 Å². The molecule has 1 saturated heterocycles. The second-order valence-corrected chi connectivity index (χ2v) is 9.37. The van der Waals surface area contributed by atoms with Crippen molar-refractivity contribution in [2.75, 3.05) is 20.2 Å². The first-order valence-electron chi connectivity index (χ1n) is 10.7. The Kier molecular flexibility index (Phi) is 6.87. The molecule has 4 rings (SSSR count). The van der Waals surface area contributed by atoms with Gasteiger partial charge in [-0.2, -0.15) is 5.10 Å². The molecule has 0 bridgehead atoms. The summed E-state index contributed by atoms with van der Waals surface area (Å²) < 4.78 is 7.56. The first-order chi connectivity index (χ1) is 15.1. The maximum atomic E-state index is 13.2. The predicted octanol–water partition coefficient (Wildman–Crippen LogP) is 5.11. The molecule has 1 aliphatic heterocycles. The minimum atomic E-state index is -0.376. The predicted molar refractivity (Wildman–Crippen MR) is 126 cm³/mol. The summed E-state index contributed by atoms with van der Waals surface area (Å²) in [4.78, 5) is 16.2. The van der Waals surface area contributed by atoms with Crippen molar-refractivity contribution >= 4 is 29.5 Å². The van der Waals surface area contributed by atoms with Crippen molar-refractivity contribution in [3.63, 3.8) is 0 Å². The van der Waals surface area contributed by atoms with Crippen molar-refractivity contribution in [3.8, 4) is 16.5 Å². The number of nitrogens with zero attached hydrogens (tertiary/aromatic N) is 3. The average molecular weight is 457 g/mol. The van der Waals surface area contributed by atoms with Crippen molar-refractivity contribution in [2.45, 2.75) is 38.6 Å². The molecule has 1 atom stereocenters. The Labute approximate surface area is 191 Å². The second kappa shape index (κ2) is 9.78. The van der Waals surface area contributed by atoms with Crippen LogP contribution < -0.4 is 4.74 Å². The molecule has 1 amide bonds. The number of carbonyl (C=O) groups excluding carboxylic acids is 1. The molecular weight excluding hydrogens is 428 g/mol. The topological polar surface area (TPSA) is 63.1 Å². The van der Waals surface area contributed by atoms with Gasteiger partial charge in [0.2, 0.25) is 5.91 Å². The van der Waals surface area contributed by atoms with Gasteiger partial charge >= 0.3 is 0 Å². The van der Waals surface area contributed by atoms with Gasteiger partial charge in [0.1, 0.15) is 11.8 Å². The molecule has 1 unspecified atom stereocenters. The highest BCUT2D eigenvalue weighted by molar-refractivity contribution is 7.71. The van der Waals surface area contributed by atoms with Crippen LogP contribution >= 0.6 is 23.6 Å². The molecule has 0 radical (unpaired) electrons. The summed E-state index contributed by atoms with van der Waals surface area (Å²) in [6, 6.07) is 11.9. The maximum absolute atomic E-state index is 13.2. The van der Waals surface area contributed by atoms with E-state index in [4.69, 9.17) is 17.0 Å². The quantitative estimate of drug-likeness (QED) is 0.502. The van der Waals surface area contributed by atoms with E-state index in [2.05, 4.69) is 22.3 Å². The number of H-pyrrole nitrogens is 1. The van der Waals surface area contributed by atoms with Crippen LogP contribution in [0.25, 0.3) is 10.7 Å². The van der Waals surface area contributed by atoms with Crippen LogP contribution in [-0.4, -0.2) is 45.8 Å². The number of hydrogen-bond donors (Lipinski definition) is 1. The number of rotatable bonds is 7. The Morgan fingerprint density at radius 1 is 1.29 bits per heavy atom. The SMILES string of the molecule is COc1ccc(CCC2CCN(C(=O)C(C)n3c(-c4cccs4)n[nH]c3=S)CC2)cc1. The molecule has 1 aliphatic rings. The van der Waals surface area contributed by atoms with Crippen molar-refractivity contribution in [2.24, 2.45) is 5.92 Å². The third-order valence-electron chi connectivity index (χ3n) is 6.12. The zero-order chi connectivity index (χ0) is 21.8. The van der Waals surface area contributed by atoms with Crippen LogP contribution in [0, 0.1) is 10.7 Å². The number of aromatic amines is 1. The van der Waals surface area contributed by atoms with Gasteiger partial charge in [0.05, 0.1) is 12.0 Å². The normalized spacial score (nSPS) is 15.7. The molecule has 31 heavy (non-hydrogen) atoms. The van der Waals surface area contributed by atoms with Gasteiger partial charge in [-0.3, -0.25) is 14.5 Å². The van der Waals surface area contributed by atoms with E-state index >= 15 is 0 Å². The summed E-state index contributed by atoms with van der Waals surface area (Å²) in [6.45, 7) is 3.52. The van der Waals surface area contributed by atoms with Crippen LogP contribution in [0.15, 0.2) is 41.8 Å². The number of likely N-dealkylation sites (tertiary alicyclic amines) is 1. The van der Waals surface area contributed by atoms with E-state index in [-0.39, 0.29) is 11.9 Å². The number of thiophene rings is 1. The number of aromatic nitrogens is 3. The third kappa shape index (κ3) is 4.91. The Balaban J connectivity index is 1.33. The molecule has 1 aromatic carbocycles. The largest absolute Gasteiger partial charge is 0.497 e. The summed E-state index contributed by atoms with van der Waals surface area (Å²) in [5, 5.41) is 9.22. The molecule has 0 aliphatic carbocycles. The number of carbonyl (C=O) groups is 1. The molecule has 3 heterocycles. The Hall–Kier alpha value is -2.45. The van der Waals surface area contributed by atoms with Gasteiger partial charge in [0.15, 0.2) is 10.6 Å². The minimum absolute atomic E-state index is 0.115. The number of methoxy groups -OCH3 is 1. The lowest BCUT2D eigenvalue weighted by atomic mass is 9.90. The van der Waals surface area contributed by atoms with E-state index in [0.29, 0.717) is 10.7 Å². The van der Waals surface area contributed by atoms with Crippen LogP contribution in [0.1, 0.15) is 37.8 Å². The molecular formula is C23H28N4O2S2. The minimum Gasteiger partial charge on any atom is -0.497 e. The number of nitrogens with one attached hydrogen (secondary N) is 1. The fraction of sp³-hybridized carbons (Fsp3) is 0.435. The van der Waals surface area contributed by atoms with Gasteiger partial charge in [0.25, 0.3) is 0 Å². The fourth-order valence-electron chi connectivity index (χ4n) is 4.22. The van der Waals surface area contributed by atoms with E-state index in [9.17, 15) is 4.79 Å². The zero-order valence-corrected chi connectivity index (χ0v) is 19.5. The first-order valence-corrected chi connectivity index (χ1v) is 12.0. The molecule has 2 aromatic heterocycles. The number of benzene rings is 1. The molecule has 6 nitrogen and oxygen atoms in total. The average Bonchev–Trinajstić information content (AvgIpc) is 3.47. The Morgan fingerprint density at radius 2 is 2.03 bits per heavy atom. The van der Waals surface area contributed by atoms with Gasteiger partial charge in [0, 0.05) is 13.1 Å². The first kappa shape index (κ1) is 21.8. The summed E-state index contributed by atoms with van der Waals surface area (Å²) in [5.41, 5.74) is 1.34. The van der Waals surface area contributed by atoms with Crippen LogP contribution in [0.5, 0.6) is 5.75 Å². The molecule has 164 valence electrons. The second-order valence-electron chi connectivity index (χ2n) is 8.03. The molecule has 1 N–H and O–H groups in total. The van der Waals surface area contributed by atoms with Crippen LogP contribution in [0.3, 0.4) is 0 Å². The summed E-state index contributed by atoms with van der Waals surface area (Å²) in [7, 11) is 1.69.